The van der Waals surface area contributed by atoms with Crippen LogP contribution in [0.15, 0.2) is 0 Å². The molecule has 5 heteroatoms. The van der Waals surface area contributed by atoms with Gasteiger partial charge in [0.25, 0.3) is 0 Å². The van der Waals surface area contributed by atoms with Crippen LogP contribution >= 0.6 is 0 Å². The van der Waals surface area contributed by atoms with E-state index < -0.39 is 0 Å². The lowest BCUT2D eigenvalue weighted by molar-refractivity contribution is 0.215. The molecule has 0 saturated carbocycles. The SMILES string of the molecule is CCNC(=O)N(C)CC(=N)N. The zero-order chi connectivity index (χ0) is 8.85. The molecule has 0 atom stereocenters. The molecule has 64 valence electrons. The van der Waals surface area contributed by atoms with Gasteiger partial charge in [-0.2, -0.15) is 0 Å². The summed E-state index contributed by atoms with van der Waals surface area (Å²) < 4.78 is 0. The van der Waals surface area contributed by atoms with E-state index >= 15 is 0 Å². The van der Waals surface area contributed by atoms with Gasteiger partial charge in [0.1, 0.15) is 5.84 Å². The molecule has 0 aliphatic heterocycles. The first-order valence-corrected chi connectivity index (χ1v) is 3.39. The second-order valence-electron chi connectivity index (χ2n) is 2.22. The molecule has 0 aliphatic rings. The molecule has 0 unspecified atom stereocenters. The largest absolute Gasteiger partial charge is 0.386 e. The Bertz CT molecular complexity index is 157. The highest BCUT2D eigenvalue weighted by molar-refractivity contribution is 5.84. The van der Waals surface area contributed by atoms with Crippen LogP contribution in [0.5, 0.6) is 0 Å². The van der Waals surface area contributed by atoms with E-state index in [1.54, 1.807) is 7.05 Å². The summed E-state index contributed by atoms with van der Waals surface area (Å²) >= 11 is 0. The molecule has 0 aromatic heterocycles. The predicted octanol–water partition coefficient (Wildman–Crippen LogP) is -0.416. The Hall–Kier alpha value is -1.26. The zero-order valence-electron chi connectivity index (χ0n) is 6.85. The summed E-state index contributed by atoms with van der Waals surface area (Å²) in [6.07, 6.45) is 0. The maximum absolute atomic E-state index is 10.9. The van der Waals surface area contributed by atoms with Crippen LogP contribution in [0.1, 0.15) is 6.92 Å². The first kappa shape index (κ1) is 9.74. The number of amides is 2. The highest BCUT2D eigenvalue weighted by Gasteiger charge is 2.06. The van der Waals surface area contributed by atoms with Crippen molar-refractivity contribution < 1.29 is 4.79 Å². The van der Waals surface area contributed by atoms with Crippen molar-refractivity contribution in [3.8, 4) is 0 Å². The Morgan fingerprint density at radius 1 is 1.73 bits per heavy atom. The Balaban J connectivity index is 3.73. The van der Waals surface area contributed by atoms with E-state index in [-0.39, 0.29) is 18.4 Å². The summed E-state index contributed by atoms with van der Waals surface area (Å²) in [5, 5.41) is 9.49. The van der Waals surface area contributed by atoms with Crippen LogP contribution in [0.2, 0.25) is 0 Å². The van der Waals surface area contributed by atoms with E-state index in [9.17, 15) is 4.79 Å². The average Bonchev–Trinajstić information content (AvgIpc) is 1.86. The van der Waals surface area contributed by atoms with Crippen molar-refractivity contribution in [2.24, 2.45) is 5.73 Å². The summed E-state index contributed by atoms with van der Waals surface area (Å²) in [6, 6.07) is -0.206. The standard InChI is InChI=1S/C6H14N4O/c1-3-9-6(11)10(2)4-5(7)8/h3-4H2,1-2H3,(H3,7,8)(H,9,11). The molecule has 0 saturated heterocycles. The number of hydrogen-bond donors (Lipinski definition) is 3. The minimum atomic E-state index is -0.206. The third-order valence-electron chi connectivity index (χ3n) is 1.08. The van der Waals surface area contributed by atoms with E-state index in [1.807, 2.05) is 6.92 Å². The highest BCUT2D eigenvalue weighted by atomic mass is 16.2. The Morgan fingerprint density at radius 3 is 2.64 bits per heavy atom. The Kier molecular flexibility index (Phi) is 4.02. The maximum atomic E-state index is 10.9. The number of carbonyl (C=O) groups excluding carboxylic acids is 1. The predicted molar refractivity (Wildman–Crippen MR) is 43.6 cm³/mol. The zero-order valence-corrected chi connectivity index (χ0v) is 6.85. The number of hydrogen-bond acceptors (Lipinski definition) is 2. The summed E-state index contributed by atoms with van der Waals surface area (Å²) in [6.45, 7) is 2.59. The highest BCUT2D eigenvalue weighted by Crippen LogP contribution is 1.81. The summed E-state index contributed by atoms with van der Waals surface area (Å²) in [5.74, 6) is -0.0150. The molecule has 0 radical (unpaired) electrons. The molecule has 0 aromatic rings. The Labute approximate surface area is 66.1 Å². The fourth-order valence-corrected chi connectivity index (χ4v) is 0.614. The number of carbonyl (C=O) groups is 1. The van der Waals surface area contributed by atoms with Gasteiger partial charge in [0.2, 0.25) is 0 Å². The molecule has 0 rings (SSSR count). The number of amidine groups is 1. The average molecular weight is 158 g/mol. The van der Waals surface area contributed by atoms with Gasteiger partial charge in [-0.1, -0.05) is 0 Å². The quantitative estimate of drug-likeness (QED) is 0.385. The van der Waals surface area contributed by atoms with Gasteiger partial charge in [0.15, 0.2) is 0 Å². The third-order valence-corrected chi connectivity index (χ3v) is 1.08. The van der Waals surface area contributed by atoms with E-state index in [0.29, 0.717) is 6.54 Å². The minimum absolute atomic E-state index is 0.0150. The molecular weight excluding hydrogens is 144 g/mol. The molecule has 0 bridgehead atoms. The second kappa shape index (κ2) is 4.54. The van der Waals surface area contributed by atoms with Crippen molar-refractivity contribution in [2.45, 2.75) is 6.92 Å². The lowest BCUT2D eigenvalue weighted by atomic mass is 10.5. The van der Waals surface area contributed by atoms with Crippen molar-refractivity contribution >= 4 is 11.9 Å². The molecule has 5 nitrogen and oxygen atoms in total. The normalized spacial score (nSPS) is 8.91. The van der Waals surface area contributed by atoms with Crippen LogP contribution in [-0.2, 0) is 0 Å². The van der Waals surface area contributed by atoms with Crippen molar-refractivity contribution in [1.29, 1.82) is 5.41 Å². The minimum Gasteiger partial charge on any atom is -0.386 e. The third kappa shape index (κ3) is 4.19. The van der Waals surface area contributed by atoms with Crippen LogP contribution in [0.4, 0.5) is 4.79 Å². The maximum Gasteiger partial charge on any atom is 0.317 e. The Morgan fingerprint density at radius 2 is 2.27 bits per heavy atom. The smallest absolute Gasteiger partial charge is 0.317 e. The molecule has 0 fully saturated rings. The number of rotatable bonds is 3. The first-order valence-electron chi connectivity index (χ1n) is 3.39. The van der Waals surface area contributed by atoms with Gasteiger partial charge in [-0.05, 0) is 6.92 Å². The summed E-state index contributed by atoms with van der Waals surface area (Å²) in [4.78, 5) is 12.3. The lowest BCUT2D eigenvalue weighted by Gasteiger charge is -2.15. The van der Waals surface area contributed by atoms with E-state index in [4.69, 9.17) is 11.1 Å². The van der Waals surface area contributed by atoms with Gasteiger partial charge in [-0.15, -0.1) is 0 Å². The van der Waals surface area contributed by atoms with E-state index in [2.05, 4.69) is 5.32 Å². The van der Waals surface area contributed by atoms with Gasteiger partial charge in [0, 0.05) is 13.6 Å². The van der Waals surface area contributed by atoms with Gasteiger partial charge in [-0.3, -0.25) is 5.41 Å². The number of likely N-dealkylation sites (N-methyl/N-ethyl adjacent to an activating group) is 1. The van der Waals surface area contributed by atoms with Gasteiger partial charge < -0.3 is 16.0 Å². The number of nitrogens with two attached hydrogens (primary N) is 1. The summed E-state index contributed by atoms with van der Waals surface area (Å²) in [7, 11) is 1.59. The van der Waals surface area contributed by atoms with Crippen LogP contribution < -0.4 is 11.1 Å². The van der Waals surface area contributed by atoms with E-state index in [0.717, 1.165) is 0 Å². The molecule has 2 amide bonds. The van der Waals surface area contributed by atoms with Crippen LogP contribution in [-0.4, -0.2) is 36.9 Å². The van der Waals surface area contributed by atoms with Gasteiger partial charge >= 0.3 is 6.03 Å². The molecule has 11 heavy (non-hydrogen) atoms. The molecule has 4 N–H and O–H groups in total. The van der Waals surface area contributed by atoms with E-state index in [1.165, 1.54) is 4.90 Å². The topological polar surface area (TPSA) is 82.2 Å². The fraction of sp³-hybridized carbons (Fsp3) is 0.667. The number of nitrogens with one attached hydrogen (secondary N) is 2. The second-order valence-corrected chi connectivity index (χ2v) is 2.22. The lowest BCUT2D eigenvalue weighted by Crippen LogP contribution is -2.41. The molecule has 0 spiro atoms. The molecule has 0 heterocycles. The van der Waals surface area contributed by atoms with Crippen LogP contribution in [0.3, 0.4) is 0 Å². The summed E-state index contributed by atoms with van der Waals surface area (Å²) in [5.41, 5.74) is 5.09. The molecule has 0 aromatic carbocycles. The van der Waals surface area contributed by atoms with Gasteiger partial charge in [0.05, 0.1) is 6.54 Å². The first-order chi connectivity index (χ1) is 5.07. The van der Waals surface area contributed by atoms with Crippen molar-refractivity contribution in [3.63, 3.8) is 0 Å². The van der Waals surface area contributed by atoms with Crippen molar-refractivity contribution in [2.75, 3.05) is 20.1 Å². The monoisotopic (exact) mass is 158 g/mol. The number of urea groups is 1. The van der Waals surface area contributed by atoms with Crippen molar-refractivity contribution in [1.82, 2.24) is 10.2 Å². The fourth-order valence-electron chi connectivity index (χ4n) is 0.614. The molecule has 0 aliphatic carbocycles. The molecular formula is C6H14N4O. The van der Waals surface area contributed by atoms with Crippen molar-refractivity contribution in [3.05, 3.63) is 0 Å². The van der Waals surface area contributed by atoms with Crippen LogP contribution in [0.25, 0.3) is 0 Å². The number of nitrogens with zero attached hydrogens (tertiary/aromatic N) is 1. The van der Waals surface area contributed by atoms with Gasteiger partial charge in [-0.25, -0.2) is 4.79 Å². The van der Waals surface area contributed by atoms with Crippen LogP contribution in [0, 0.1) is 5.41 Å².